The van der Waals surface area contributed by atoms with Gasteiger partial charge in [0.15, 0.2) is 0 Å². The Hall–Kier alpha value is -1.34. The zero-order valence-corrected chi connectivity index (χ0v) is 14.2. The summed E-state index contributed by atoms with van der Waals surface area (Å²) in [5.41, 5.74) is 0.867. The van der Waals surface area contributed by atoms with E-state index in [1.54, 1.807) is 7.11 Å². The molecular formula is C13H14Br2N4O. The molecule has 1 heterocycles. The third-order valence-corrected chi connectivity index (χ3v) is 4.00. The summed E-state index contributed by atoms with van der Waals surface area (Å²) in [5.74, 6) is 2.21. The molecule has 2 rings (SSSR count). The van der Waals surface area contributed by atoms with Gasteiger partial charge in [-0.3, -0.25) is 0 Å². The van der Waals surface area contributed by atoms with Gasteiger partial charge in [-0.15, -0.1) is 0 Å². The number of nitrogens with one attached hydrogen (secondary N) is 2. The van der Waals surface area contributed by atoms with E-state index in [0.29, 0.717) is 5.82 Å². The van der Waals surface area contributed by atoms with Crippen molar-refractivity contribution in [1.29, 1.82) is 0 Å². The molecule has 2 N–H and O–H groups in total. The number of hydrogen-bond acceptors (Lipinski definition) is 5. The van der Waals surface area contributed by atoms with Crippen LogP contribution in [0.25, 0.3) is 0 Å². The first-order valence-corrected chi connectivity index (χ1v) is 7.59. The Morgan fingerprint density at radius 3 is 2.65 bits per heavy atom. The summed E-state index contributed by atoms with van der Waals surface area (Å²) in [6.07, 6.45) is 1.51. The minimum absolute atomic E-state index is 0.685. The Balaban J connectivity index is 2.32. The van der Waals surface area contributed by atoms with E-state index in [4.69, 9.17) is 4.74 Å². The second-order valence-corrected chi connectivity index (χ2v) is 5.53. The molecule has 0 fully saturated rings. The zero-order valence-electron chi connectivity index (χ0n) is 11.1. The highest BCUT2D eigenvalue weighted by Crippen LogP contribution is 2.33. The van der Waals surface area contributed by atoms with Crippen molar-refractivity contribution >= 4 is 49.2 Å². The van der Waals surface area contributed by atoms with Crippen molar-refractivity contribution in [3.05, 3.63) is 33.5 Å². The predicted molar refractivity (Wildman–Crippen MR) is 87.9 cm³/mol. The first-order chi connectivity index (χ1) is 9.65. The van der Waals surface area contributed by atoms with Crippen molar-refractivity contribution < 1.29 is 4.74 Å². The normalized spacial score (nSPS) is 10.2. The second-order valence-electron chi connectivity index (χ2n) is 3.89. The molecule has 0 saturated carbocycles. The van der Waals surface area contributed by atoms with E-state index in [9.17, 15) is 0 Å². The largest absolute Gasteiger partial charge is 0.497 e. The Labute approximate surface area is 134 Å². The van der Waals surface area contributed by atoms with E-state index < -0.39 is 0 Å². The monoisotopic (exact) mass is 400 g/mol. The van der Waals surface area contributed by atoms with Gasteiger partial charge in [0.25, 0.3) is 0 Å². The molecule has 0 atom stereocenters. The molecule has 0 unspecified atom stereocenters. The van der Waals surface area contributed by atoms with Crippen molar-refractivity contribution in [1.82, 2.24) is 9.97 Å². The molecule has 0 saturated heterocycles. The van der Waals surface area contributed by atoms with Crippen molar-refractivity contribution in [2.75, 3.05) is 24.3 Å². The first kappa shape index (κ1) is 15.1. The Morgan fingerprint density at radius 2 is 1.95 bits per heavy atom. The van der Waals surface area contributed by atoms with Crippen LogP contribution in [0.1, 0.15) is 6.92 Å². The molecule has 5 nitrogen and oxygen atoms in total. The number of ether oxygens (including phenoxy) is 1. The average Bonchev–Trinajstić information content (AvgIpc) is 2.45. The highest BCUT2D eigenvalue weighted by atomic mass is 79.9. The minimum Gasteiger partial charge on any atom is -0.497 e. The number of aromatic nitrogens is 2. The van der Waals surface area contributed by atoms with Crippen LogP contribution in [0.4, 0.5) is 17.3 Å². The Bertz CT molecular complexity index is 607. The summed E-state index contributed by atoms with van der Waals surface area (Å²) in [5, 5.41) is 6.41. The lowest BCUT2D eigenvalue weighted by molar-refractivity contribution is 0.415. The molecular weight excluding hydrogens is 388 g/mol. The van der Waals surface area contributed by atoms with Gasteiger partial charge in [-0.2, -0.15) is 0 Å². The first-order valence-electron chi connectivity index (χ1n) is 6.00. The van der Waals surface area contributed by atoms with Gasteiger partial charge in [0.1, 0.15) is 28.2 Å². The fraction of sp³-hybridized carbons (Fsp3) is 0.231. The standard InChI is InChI=1S/C13H14Br2N4O/c1-3-16-12-11(15)13(18-7-17-12)19-10-6-8(20-2)4-5-9(10)14/h4-7H,3H2,1-2H3,(H2,16,17,18,19). The third-order valence-electron chi connectivity index (χ3n) is 2.56. The maximum atomic E-state index is 5.22. The van der Waals surface area contributed by atoms with Crippen LogP contribution in [-0.4, -0.2) is 23.6 Å². The van der Waals surface area contributed by atoms with Crippen LogP contribution in [0, 0.1) is 0 Å². The number of benzene rings is 1. The van der Waals surface area contributed by atoms with Gasteiger partial charge in [0.05, 0.1) is 12.8 Å². The highest BCUT2D eigenvalue weighted by molar-refractivity contribution is 9.11. The summed E-state index contributed by atoms with van der Waals surface area (Å²) < 4.78 is 6.94. The summed E-state index contributed by atoms with van der Waals surface area (Å²) in [7, 11) is 1.64. The molecule has 20 heavy (non-hydrogen) atoms. The molecule has 0 aliphatic heterocycles. The van der Waals surface area contributed by atoms with Crippen LogP contribution in [0.15, 0.2) is 33.5 Å². The maximum Gasteiger partial charge on any atom is 0.150 e. The maximum absolute atomic E-state index is 5.22. The number of anilines is 3. The summed E-state index contributed by atoms with van der Waals surface area (Å²) in [6, 6.07) is 5.70. The second kappa shape index (κ2) is 6.90. The average molecular weight is 402 g/mol. The molecule has 0 bridgehead atoms. The number of halogens is 2. The van der Waals surface area contributed by atoms with E-state index in [1.165, 1.54) is 6.33 Å². The zero-order chi connectivity index (χ0) is 14.5. The van der Waals surface area contributed by atoms with E-state index >= 15 is 0 Å². The molecule has 0 aliphatic carbocycles. The molecule has 0 radical (unpaired) electrons. The van der Waals surface area contributed by atoms with Crippen LogP contribution in [-0.2, 0) is 0 Å². The van der Waals surface area contributed by atoms with Crippen molar-refractivity contribution in [2.45, 2.75) is 6.92 Å². The number of methoxy groups -OCH3 is 1. The van der Waals surface area contributed by atoms with Gasteiger partial charge in [-0.25, -0.2) is 9.97 Å². The quantitative estimate of drug-likeness (QED) is 0.786. The summed E-state index contributed by atoms with van der Waals surface area (Å²) >= 11 is 7.00. The number of rotatable bonds is 5. The summed E-state index contributed by atoms with van der Waals surface area (Å²) in [6.45, 7) is 2.80. The fourth-order valence-electron chi connectivity index (χ4n) is 1.60. The van der Waals surface area contributed by atoms with Crippen LogP contribution in [0.2, 0.25) is 0 Å². The lowest BCUT2D eigenvalue weighted by atomic mass is 10.3. The minimum atomic E-state index is 0.685. The Kier molecular flexibility index (Phi) is 5.19. The molecule has 2 aromatic rings. The predicted octanol–water partition coefficient (Wildman–Crippen LogP) is 4.19. The Morgan fingerprint density at radius 1 is 1.20 bits per heavy atom. The van der Waals surface area contributed by atoms with Gasteiger partial charge in [0.2, 0.25) is 0 Å². The smallest absolute Gasteiger partial charge is 0.150 e. The van der Waals surface area contributed by atoms with Crippen molar-refractivity contribution in [2.24, 2.45) is 0 Å². The van der Waals surface area contributed by atoms with Gasteiger partial charge in [-0.1, -0.05) is 0 Å². The van der Waals surface area contributed by atoms with Crippen LogP contribution in [0.5, 0.6) is 5.75 Å². The van der Waals surface area contributed by atoms with E-state index in [0.717, 1.165) is 32.7 Å². The van der Waals surface area contributed by atoms with Gasteiger partial charge in [0, 0.05) is 17.1 Å². The van der Waals surface area contributed by atoms with Gasteiger partial charge >= 0.3 is 0 Å². The third kappa shape index (κ3) is 3.40. The van der Waals surface area contributed by atoms with Crippen LogP contribution < -0.4 is 15.4 Å². The molecule has 1 aromatic heterocycles. The van der Waals surface area contributed by atoms with E-state index in [-0.39, 0.29) is 0 Å². The lowest BCUT2D eigenvalue weighted by Gasteiger charge is -2.12. The van der Waals surface area contributed by atoms with Crippen LogP contribution in [0.3, 0.4) is 0 Å². The van der Waals surface area contributed by atoms with Crippen LogP contribution >= 0.6 is 31.9 Å². The van der Waals surface area contributed by atoms with E-state index in [2.05, 4.69) is 52.5 Å². The molecule has 1 aromatic carbocycles. The van der Waals surface area contributed by atoms with E-state index in [1.807, 2.05) is 25.1 Å². The topological polar surface area (TPSA) is 59.1 Å². The lowest BCUT2D eigenvalue weighted by Crippen LogP contribution is -2.04. The molecule has 0 aliphatic rings. The molecule has 106 valence electrons. The van der Waals surface area contributed by atoms with Gasteiger partial charge < -0.3 is 15.4 Å². The molecule has 7 heteroatoms. The highest BCUT2D eigenvalue weighted by Gasteiger charge is 2.10. The summed E-state index contributed by atoms with van der Waals surface area (Å²) in [4.78, 5) is 8.42. The van der Waals surface area contributed by atoms with Gasteiger partial charge in [-0.05, 0) is 50.9 Å². The van der Waals surface area contributed by atoms with Crippen molar-refractivity contribution in [3.63, 3.8) is 0 Å². The number of nitrogens with zero attached hydrogens (tertiary/aromatic N) is 2. The molecule has 0 amide bonds. The SMILES string of the molecule is CCNc1ncnc(Nc2cc(OC)ccc2Br)c1Br. The van der Waals surface area contributed by atoms with Crippen molar-refractivity contribution in [3.8, 4) is 5.75 Å². The number of hydrogen-bond donors (Lipinski definition) is 2. The fourth-order valence-corrected chi connectivity index (χ4v) is 2.39. The molecule has 0 spiro atoms.